The van der Waals surface area contributed by atoms with Gasteiger partial charge in [0.2, 0.25) is 0 Å². The van der Waals surface area contributed by atoms with Crippen molar-refractivity contribution in [1.82, 2.24) is 5.32 Å². The standard InChI is InChI=1S/C7H13NO/c1-6-4-7(5-9)2-3-8-6/h5-8H,2-4H2,1H3. The minimum atomic E-state index is 0.321. The van der Waals surface area contributed by atoms with Gasteiger partial charge < -0.3 is 10.1 Å². The molecule has 2 heteroatoms. The van der Waals surface area contributed by atoms with Gasteiger partial charge in [-0.1, -0.05) is 0 Å². The molecular weight excluding hydrogens is 114 g/mol. The van der Waals surface area contributed by atoms with E-state index in [9.17, 15) is 4.79 Å². The third-order valence-electron chi connectivity index (χ3n) is 1.86. The summed E-state index contributed by atoms with van der Waals surface area (Å²) in [6.07, 6.45) is 3.12. The molecule has 1 rings (SSSR count). The highest BCUT2D eigenvalue weighted by Crippen LogP contribution is 2.12. The predicted octanol–water partition coefficient (Wildman–Crippen LogP) is 0.573. The number of hydrogen-bond donors (Lipinski definition) is 1. The van der Waals surface area contributed by atoms with Crippen LogP contribution in [0.5, 0.6) is 0 Å². The van der Waals surface area contributed by atoms with Crippen molar-refractivity contribution in [3.63, 3.8) is 0 Å². The molecule has 0 aromatic heterocycles. The van der Waals surface area contributed by atoms with Gasteiger partial charge in [0.15, 0.2) is 0 Å². The summed E-state index contributed by atoms with van der Waals surface area (Å²) in [4.78, 5) is 10.3. The minimum Gasteiger partial charge on any atom is -0.314 e. The van der Waals surface area contributed by atoms with Crippen molar-refractivity contribution >= 4 is 6.29 Å². The first-order chi connectivity index (χ1) is 4.33. The third kappa shape index (κ3) is 1.79. The SMILES string of the molecule is CC1CC(C=O)CCN1. The van der Waals surface area contributed by atoms with Gasteiger partial charge in [0.25, 0.3) is 0 Å². The zero-order valence-corrected chi connectivity index (χ0v) is 5.76. The van der Waals surface area contributed by atoms with Gasteiger partial charge in [0.05, 0.1) is 0 Å². The molecule has 0 aromatic carbocycles. The van der Waals surface area contributed by atoms with Crippen molar-refractivity contribution in [3.05, 3.63) is 0 Å². The van der Waals surface area contributed by atoms with Crippen molar-refractivity contribution in [2.45, 2.75) is 25.8 Å². The van der Waals surface area contributed by atoms with Gasteiger partial charge in [-0.3, -0.25) is 0 Å². The van der Waals surface area contributed by atoms with Gasteiger partial charge in [-0.2, -0.15) is 0 Å². The number of nitrogens with one attached hydrogen (secondary N) is 1. The number of aldehydes is 1. The van der Waals surface area contributed by atoms with Crippen LogP contribution in [0.25, 0.3) is 0 Å². The van der Waals surface area contributed by atoms with Crippen LogP contribution in [0.4, 0.5) is 0 Å². The zero-order chi connectivity index (χ0) is 6.69. The average Bonchev–Trinajstić information content (AvgIpc) is 1.88. The number of carbonyl (C=O) groups excluding carboxylic acids is 1. The van der Waals surface area contributed by atoms with Crippen molar-refractivity contribution in [1.29, 1.82) is 0 Å². The van der Waals surface area contributed by atoms with E-state index in [1.807, 2.05) is 0 Å². The first-order valence-corrected chi connectivity index (χ1v) is 3.51. The van der Waals surface area contributed by atoms with E-state index in [0.717, 1.165) is 25.7 Å². The molecule has 1 saturated heterocycles. The Bertz CT molecular complexity index is 103. The van der Waals surface area contributed by atoms with E-state index in [2.05, 4.69) is 12.2 Å². The lowest BCUT2D eigenvalue weighted by molar-refractivity contribution is -0.112. The summed E-state index contributed by atoms with van der Waals surface area (Å²) in [6, 6.07) is 0.536. The molecule has 0 saturated carbocycles. The third-order valence-corrected chi connectivity index (χ3v) is 1.86. The molecule has 2 unspecified atom stereocenters. The van der Waals surface area contributed by atoms with Crippen molar-refractivity contribution in [2.24, 2.45) is 5.92 Å². The quantitative estimate of drug-likeness (QED) is 0.522. The summed E-state index contributed by atoms with van der Waals surface area (Å²) in [7, 11) is 0. The molecule has 1 aliphatic heterocycles. The van der Waals surface area contributed by atoms with Crippen molar-refractivity contribution in [2.75, 3.05) is 6.54 Å². The molecule has 0 aliphatic carbocycles. The fourth-order valence-electron chi connectivity index (χ4n) is 1.29. The maximum atomic E-state index is 10.3. The van der Waals surface area contributed by atoms with E-state index >= 15 is 0 Å². The molecule has 0 bridgehead atoms. The molecule has 0 aromatic rings. The summed E-state index contributed by atoms with van der Waals surface area (Å²) >= 11 is 0. The highest BCUT2D eigenvalue weighted by molar-refractivity contribution is 5.53. The number of piperidine rings is 1. The maximum absolute atomic E-state index is 10.3. The predicted molar refractivity (Wildman–Crippen MR) is 36.3 cm³/mol. The maximum Gasteiger partial charge on any atom is 0.123 e. The molecule has 1 fully saturated rings. The van der Waals surface area contributed by atoms with Crippen LogP contribution in [-0.4, -0.2) is 18.9 Å². The molecule has 0 spiro atoms. The lowest BCUT2D eigenvalue weighted by Crippen LogP contribution is -2.36. The van der Waals surface area contributed by atoms with E-state index in [1.54, 1.807) is 0 Å². The fraction of sp³-hybridized carbons (Fsp3) is 0.857. The Labute approximate surface area is 55.6 Å². The first-order valence-electron chi connectivity index (χ1n) is 3.51. The smallest absolute Gasteiger partial charge is 0.123 e. The van der Waals surface area contributed by atoms with Gasteiger partial charge in [0, 0.05) is 12.0 Å². The first kappa shape index (κ1) is 6.75. The zero-order valence-electron chi connectivity index (χ0n) is 5.76. The van der Waals surface area contributed by atoms with Crippen LogP contribution >= 0.6 is 0 Å². The molecule has 0 amide bonds. The second-order valence-electron chi connectivity index (χ2n) is 2.78. The largest absolute Gasteiger partial charge is 0.314 e. The Morgan fingerprint density at radius 3 is 2.89 bits per heavy atom. The van der Waals surface area contributed by atoms with Crippen molar-refractivity contribution < 1.29 is 4.79 Å². The summed E-state index contributed by atoms with van der Waals surface area (Å²) < 4.78 is 0. The van der Waals surface area contributed by atoms with Crippen LogP contribution in [-0.2, 0) is 4.79 Å². The lowest BCUT2D eigenvalue weighted by atomic mass is 9.95. The molecule has 1 heterocycles. The van der Waals surface area contributed by atoms with Crippen LogP contribution in [0.3, 0.4) is 0 Å². The van der Waals surface area contributed by atoms with E-state index in [0.29, 0.717) is 12.0 Å². The molecule has 9 heavy (non-hydrogen) atoms. The minimum absolute atomic E-state index is 0.321. The molecule has 0 radical (unpaired) electrons. The normalized spacial score (nSPS) is 36.1. The summed E-state index contributed by atoms with van der Waals surface area (Å²) in [5.41, 5.74) is 0. The molecule has 2 atom stereocenters. The topological polar surface area (TPSA) is 29.1 Å². The summed E-state index contributed by atoms with van der Waals surface area (Å²) in [6.45, 7) is 3.13. The van der Waals surface area contributed by atoms with Crippen LogP contribution in [0.1, 0.15) is 19.8 Å². The number of rotatable bonds is 1. The Balaban J connectivity index is 2.31. The Hall–Kier alpha value is -0.370. The molecule has 1 aliphatic rings. The van der Waals surface area contributed by atoms with Gasteiger partial charge in [-0.25, -0.2) is 0 Å². The molecule has 1 N–H and O–H groups in total. The van der Waals surface area contributed by atoms with E-state index in [1.165, 1.54) is 0 Å². The van der Waals surface area contributed by atoms with Crippen molar-refractivity contribution in [3.8, 4) is 0 Å². The molecule has 52 valence electrons. The molecule has 2 nitrogen and oxygen atoms in total. The van der Waals surface area contributed by atoms with Gasteiger partial charge in [0.1, 0.15) is 6.29 Å². The van der Waals surface area contributed by atoms with E-state index in [-0.39, 0.29) is 0 Å². The monoisotopic (exact) mass is 127 g/mol. The van der Waals surface area contributed by atoms with Gasteiger partial charge in [-0.05, 0) is 26.3 Å². The summed E-state index contributed by atoms with van der Waals surface area (Å²) in [5.74, 6) is 0.321. The fourth-order valence-corrected chi connectivity index (χ4v) is 1.29. The second-order valence-corrected chi connectivity index (χ2v) is 2.78. The number of carbonyl (C=O) groups is 1. The Kier molecular flexibility index (Phi) is 2.22. The van der Waals surface area contributed by atoms with Gasteiger partial charge in [-0.15, -0.1) is 0 Å². The van der Waals surface area contributed by atoms with Crippen LogP contribution in [0.15, 0.2) is 0 Å². The highest BCUT2D eigenvalue weighted by Gasteiger charge is 2.16. The second kappa shape index (κ2) is 2.97. The highest BCUT2D eigenvalue weighted by atomic mass is 16.1. The van der Waals surface area contributed by atoms with Crippen LogP contribution < -0.4 is 5.32 Å². The lowest BCUT2D eigenvalue weighted by Gasteiger charge is -2.23. The van der Waals surface area contributed by atoms with E-state index in [4.69, 9.17) is 0 Å². The van der Waals surface area contributed by atoms with Crippen LogP contribution in [0, 0.1) is 5.92 Å². The van der Waals surface area contributed by atoms with Crippen LogP contribution in [0.2, 0.25) is 0 Å². The summed E-state index contributed by atoms with van der Waals surface area (Å²) in [5, 5.41) is 3.29. The number of hydrogen-bond acceptors (Lipinski definition) is 2. The molecular formula is C7H13NO. The Morgan fingerprint density at radius 1 is 1.67 bits per heavy atom. The Morgan fingerprint density at radius 2 is 2.44 bits per heavy atom. The average molecular weight is 127 g/mol. The van der Waals surface area contributed by atoms with Gasteiger partial charge >= 0.3 is 0 Å². The van der Waals surface area contributed by atoms with E-state index < -0.39 is 0 Å².